The molecule has 152 valence electrons. The predicted octanol–water partition coefficient (Wildman–Crippen LogP) is 5.01. The van der Waals surface area contributed by atoms with E-state index in [1.807, 2.05) is 24.3 Å². The number of benzene rings is 1. The first-order valence-electron chi connectivity index (χ1n) is 9.66. The molecule has 6 nitrogen and oxygen atoms in total. The van der Waals surface area contributed by atoms with Crippen LogP contribution in [0.3, 0.4) is 0 Å². The molecule has 7 heteroatoms. The summed E-state index contributed by atoms with van der Waals surface area (Å²) in [6, 6.07) is 8.45. The summed E-state index contributed by atoms with van der Waals surface area (Å²) in [4.78, 5) is 26.9. The number of nitrogens with zero attached hydrogens (tertiary/aromatic N) is 2. The normalized spacial score (nSPS) is 16.0. The summed E-state index contributed by atoms with van der Waals surface area (Å²) in [6.07, 6.45) is 4.31. The second-order valence-corrected chi connectivity index (χ2v) is 9.35. The first kappa shape index (κ1) is 22.5. The number of carbonyl (C=O) groups is 2. The van der Waals surface area contributed by atoms with E-state index in [2.05, 4.69) is 34.0 Å². The molecule has 1 atom stereocenters. The van der Waals surface area contributed by atoms with Crippen LogP contribution < -0.4 is 5.32 Å². The Morgan fingerprint density at radius 2 is 1.86 bits per heavy atom. The van der Waals surface area contributed by atoms with Crippen LogP contribution in [0.15, 0.2) is 24.3 Å². The Bertz CT molecular complexity index is 716. The van der Waals surface area contributed by atoms with Crippen LogP contribution in [-0.2, 0) is 11.2 Å². The second-order valence-electron chi connectivity index (χ2n) is 8.10. The predicted molar refractivity (Wildman–Crippen MR) is 116 cm³/mol. The van der Waals surface area contributed by atoms with Crippen molar-refractivity contribution in [2.75, 3.05) is 0 Å². The van der Waals surface area contributed by atoms with E-state index in [4.69, 9.17) is 4.74 Å². The largest absolute Gasteiger partial charge is 0.443 e. The third kappa shape index (κ3) is 6.97. The SMILES string of the molecule is CC(C)(C)OC(=O)N(C(=O)N[C@H](C#N)Cc1ccc(I)cc1)C1CCCCC1. The van der Waals surface area contributed by atoms with E-state index in [1.54, 1.807) is 20.8 Å². The maximum absolute atomic E-state index is 12.9. The smallest absolute Gasteiger partial charge is 0.418 e. The molecule has 0 heterocycles. The zero-order chi connectivity index (χ0) is 20.7. The molecule has 1 N–H and O–H groups in total. The fourth-order valence-corrected chi connectivity index (χ4v) is 3.61. The summed E-state index contributed by atoms with van der Waals surface area (Å²) >= 11 is 2.22. The molecule has 1 saturated carbocycles. The summed E-state index contributed by atoms with van der Waals surface area (Å²) in [6.45, 7) is 5.32. The highest BCUT2D eigenvalue weighted by molar-refractivity contribution is 14.1. The van der Waals surface area contributed by atoms with Crippen LogP contribution in [0.5, 0.6) is 0 Å². The van der Waals surface area contributed by atoms with Crippen LogP contribution in [0, 0.1) is 14.9 Å². The lowest BCUT2D eigenvalue weighted by Crippen LogP contribution is -2.53. The summed E-state index contributed by atoms with van der Waals surface area (Å²) in [7, 11) is 0. The average Bonchev–Trinajstić information content (AvgIpc) is 2.62. The van der Waals surface area contributed by atoms with Crippen molar-refractivity contribution >= 4 is 34.7 Å². The van der Waals surface area contributed by atoms with Gasteiger partial charge in [-0.15, -0.1) is 0 Å². The van der Waals surface area contributed by atoms with Gasteiger partial charge in [0.2, 0.25) is 0 Å². The van der Waals surface area contributed by atoms with E-state index in [0.29, 0.717) is 6.42 Å². The minimum absolute atomic E-state index is 0.193. The number of carbonyl (C=O) groups excluding carboxylic acids is 2. The number of amides is 3. The molecule has 2 rings (SSSR count). The van der Waals surface area contributed by atoms with Gasteiger partial charge in [-0.1, -0.05) is 31.4 Å². The van der Waals surface area contributed by atoms with Gasteiger partial charge in [-0.3, -0.25) is 0 Å². The molecule has 0 unspecified atom stereocenters. The van der Waals surface area contributed by atoms with E-state index in [1.165, 1.54) is 4.90 Å². The lowest BCUT2D eigenvalue weighted by atomic mass is 9.94. The van der Waals surface area contributed by atoms with Gasteiger partial charge >= 0.3 is 12.1 Å². The van der Waals surface area contributed by atoms with E-state index >= 15 is 0 Å². The van der Waals surface area contributed by atoms with Crippen molar-refractivity contribution < 1.29 is 14.3 Å². The van der Waals surface area contributed by atoms with Gasteiger partial charge in [-0.2, -0.15) is 5.26 Å². The highest BCUT2D eigenvalue weighted by Gasteiger charge is 2.35. The van der Waals surface area contributed by atoms with Crippen molar-refractivity contribution in [2.24, 2.45) is 0 Å². The highest BCUT2D eigenvalue weighted by Crippen LogP contribution is 2.24. The Morgan fingerprint density at radius 1 is 1.25 bits per heavy atom. The zero-order valence-electron chi connectivity index (χ0n) is 16.7. The maximum Gasteiger partial charge on any atom is 0.418 e. The molecule has 1 aliphatic carbocycles. The van der Waals surface area contributed by atoms with Crippen LogP contribution in [0.2, 0.25) is 0 Å². The zero-order valence-corrected chi connectivity index (χ0v) is 18.9. The minimum Gasteiger partial charge on any atom is -0.443 e. The van der Waals surface area contributed by atoms with Gasteiger partial charge in [0.1, 0.15) is 11.6 Å². The van der Waals surface area contributed by atoms with Crippen molar-refractivity contribution in [3.05, 3.63) is 33.4 Å². The fourth-order valence-electron chi connectivity index (χ4n) is 3.25. The molecule has 3 amide bonds. The van der Waals surface area contributed by atoms with Gasteiger partial charge in [-0.25, -0.2) is 14.5 Å². The highest BCUT2D eigenvalue weighted by atomic mass is 127. The maximum atomic E-state index is 12.9. The molecule has 0 radical (unpaired) electrons. The molecule has 1 aromatic carbocycles. The molecule has 1 aliphatic rings. The van der Waals surface area contributed by atoms with Crippen molar-refractivity contribution in [2.45, 2.75) is 77.0 Å². The van der Waals surface area contributed by atoms with E-state index in [0.717, 1.165) is 41.2 Å². The third-order valence-electron chi connectivity index (χ3n) is 4.56. The van der Waals surface area contributed by atoms with Crippen LogP contribution in [-0.4, -0.2) is 34.7 Å². The Morgan fingerprint density at radius 3 is 2.39 bits per heavy atom. The van der Waals surface area contributed by atoms with Crippen LogP contribution in [0.25, 0.3) is 0 Å². The molecular weight excluding hydrogens is 469 g/mol. The monoisotopic (exact) mass is 497 g/mol. The number of hydrogen-bond acceptors (Lipinski definition) is 4. The van der Waals surface area contributed by atoms with Gasteiger partial charge < -0.3 is 10.1 Å². The van der Waals surface area contributed by atoms with Crippen molar-refractivity contribution in [3.8, 4) is 6.07 Å². The molecule has 1 fully saturated rings. The fraction of sp³-hybridized carbons (Fsp3) is 0.571. The number of imide groups is 1. The Balaban J connectivity index is 2.11. The van der Waals surface area contributed by atoms with Gasteiger partial charge in [0.15, 0.2) is 0 Å². The van der Waals surface area contributed by atoms with E-state index in [9.17, 15) is 14.9 Å². The number of hydrogen-bond donors (Lipinski definition) is 1. The topological polar surface area (TPSA) is 82.4 Å². The van der Waals surface area contributed by atoms with Crippen molar-refractivity contribution in [1.29, 1.82) is 5.26 Å². The Kier molecular flexibility index (Phi) is 8.10. The summed E-state index contributed by atoms with van der Waals surface area (Å²) in [5, 5.41) is 12.2. The van der Waals surface area contributed by atoms with Crippen LogP contribution in [0.4, 0.5) is 9.59 Å². The Labute approximate surface area is 180 Å². The second kappa shape index (κ2) is 10.1. The number of nitrogens with one attached hydrogen (secondary N) is 1. The van der Waals surface area contributed by atoms with Gasteiger partial charge in [0, 0.05) is 16.0 Å². The van der Waals surface area contributed by atoms with Crippen LogP contribution >= 0.6 is 22.6 Å². The van der Waals surface area contributed by atoms with Gasteiger partial charge in [0.25, 0.3) is 0 Å². The molecule has 28 heavy (non-hydrogen) atoms. The van der Waals surface area contributed by atoms with Gasteiger partial charge in [0.05, 0.1) is 6.07 Å². The van der Waals surface area contributed by atoms with Crippen molar-refractivity contribution in [3.63, 3.8) is 0 Å². The summed E-state index contributed by atoms with van der Waals surface area (Å²) in [5.41, 5.74) is 0.258. The first-order valence-corrected chi connectivity index (χ1v) is 10.7. The lowest BCUT2D eigenvalue weighted by Gasteiger charge is -2.34. The number of nitriles is 1. The standard InChI is InChI=1S/C21H28IN3O3/c1-21(2,3)28-20(27)25(18-7-5-4-6-8-18)19(26)24-17(14-23)13-15-9-11-16(22)12-10-15/h9-12,17-18H,4-8,13H2,1-3H3,(H,24,26)/t17-/m0/s1. The third-order valence-corrected chi connectivity index (χ3v) is 5.27. The number of ether oxygens (including phenoxy) is 1. The summed E-state index contributed by atoms with van der Waals surface area (Å²) < 4.78 is 6.57. The van der Waals surface area contributed by atoms with E-state index in [-0.39, 0.29) is 6.04 Å². The molecule has 0 spiro atoms. The van der Waals surface area contributed by atoms with Gasteiger partial charge in [-0.05, 0) is 73.9 Å². The molecular formula is C21H28IN3O3. The molecule has 1 aromatic rings. The van der Waals surface area contributed by atoms with Crippen LogP contribution in [0.1, 0.15) is 58.4 Å². The molecule has 0 saturated heterocycles. The quantitative estimate of drug-likeness (QED) is 0.594. The first-order chi connectivity index (χ1) is 13.2. The van der Waals surface area contributed by atoms with Crippen molar-refractivity contribution in [1.82, 2.24) is 10.2 Å². The average molecular weight is 497 g/mol. The Hall–Kier alpha value is -1.82. The molecule has 0 aliphatic heterocycles. The summed E-state index contributed by atoms with van der Waals surface area (Å²) in [5.74, 6) is 0. The number of rotatable bonds is 4. The van der Waals surface area contributed by atoms with E-state index < -0.39 is 23.8 Å². The number of halogens is 1. The lowest BCUT2D eigenvalue weighted by molar-refractivity contribution is 0.0220. The minimum atomic E-state index is -0.721. The molecule has 0 bridgehead atoms. The molecule has 0 aromatic heterocycles. The number of urea groups is 1.